The maximum absolute atomic E-state index is 12.3. The molecule has 8 N–H and O–H groups in total. The number of halogens is 1. The van der Waals surface area contributed by atoms with Crippen LogP contribution in [0.5, 0.6) is 0 Å². The molecule has 2 fully saturated rings. The second kappa shape index (κ2) is 22.8. The Bertz CT molecular complexity index is 1770. The van der Waals surface area contributed by atoms with E-state index in [9.17, 15) is 39.6 Å². The molecular weight excluding hydrogens is 774 g/mol. The number of aromatic nitrogens is 4. The fraction of sp³-hybridized carbons (Fsp3) is 0.622. The summed E-state index contributed by atoms with van der Waals surface area (Å²) in [6.07, 6.45) is 11.2. The number of carbonyl (C=O) groups is 2. The first-order valence-electron chi connectivity index (χ1n) is 18.9. The van der Waals surface area contributed by atoms with Gasteiger partial charge in [-0.05, 0) is 75.7 Å². The van der Waals surface area contributed by atoms with Crippen molar-refractivity contribution in [1.82, 2.24) is 19.1 Å². The Kier molecular flexibility index (Phi) is 18.2. The van der Waals surface area contributed by atoms with Crippen LogP contribution >= 0.6 is 11.6 Å². The summed E-state index contributed by atoms with van der Waals surface area (Å²) in [4.78, 5) is 53.7. The van der Waals surface area contributed by atoms with Crippen molar-refractivity contribution >= 4 is 28.8 Å². The Labute approximate surface area is 332 Å². The Balaban J connectivity index is 0.000000210. The lowest BCUT2D eigenvalue weighted by Crippen LogP contribution is -2.36. The van der Waals surface area contributed by atoms with Crippen LogP contribution in [0.3, 0.4) is 0 Å². The van der Waals surface area contributed by atoms with Crippen molar-refractivity contribution in [3.63, 3.8) is 0 Å². The normalized spacial score (nSPS) is 31.1. The predicted octanol–water partition coefficient (Wildman–Crippen LogP) is 0.517. The van der Waals surface area contributed by atoms with E-state index < -0.39 is 85.1 Å². The van der Waals surface area contributed by atoms with Crippen molar-refractivity contribution in [2.24, 2.45) is 0 Å². The van der Waals surface area contributed by atoms with Gasteiger partial charge in [-0.25, -0.2) is 14.4 Å². The molecule has 0 bridgehead atoms. The fourth-order valence-electron chi connectivity index (χ4n) is 6.51. The first-order valence-corrected chi connectivity index (χ1v) is 19.3. The van der Waals surface area contributed by atoms with Crippen LogP contribution in [0.15, 0.2) is 58.4 Å². The van der Waals surface area contributed by atoms with Crippen LogP contribution in [-0.2, 0) is 30.2 Å². The topological polar surface area (TPSA) is 288 Å². The smallest absolute Gasteiger partial charge is 0.404 e. The summed E-state index contributed by atoms with van der Waals surface area (Å²) in [5.41, 5.74) is 3.44. The molecule has 0 spiro atoms. The lowest BCUT2D eigenvalue weighted by Gasteiger charge is -2.18. The number of ether oxygens (including phenoxy) is 4. The monoisotopic (exact) mass is 825 g/mol. The molecule has 4 aliphatic rings. The van der Waals surface area contributed by atoms with Gasteiger partial charge in [-0.15, -0.1) is 0 Å². The van der Waals surface area contributed by atoms with E-state index in [0.29, 0.717) is 0 Å². The van der Waals surface area contributed by atoms with Gasteiger partial charge in [-0.2, -0.15) is 9.97 Å². The van der Waals surface area contributed by atoms with Crippen LogP contribution in [0.25, 0.3) is 0 Å². The van der Waals surface area contributed by atoms with E-state index in [1.807, 2.05) is 18.2 Å². The molecule has 19 nitrogen and oxygen atoms in total. The van der Waals surface area contributed by atoms with Crippen molar-refractivity contribution in [2.75, 3.05) is 18.9 Å². The standard InChI is InChI=1S/C19H26N2O7.C9H13ClO2.C9H13N3O5/c22-11-14-16(24)17(25)18(28-14)21-9-8-12(20-19(21)26)10-15(23)27-13-6-4-2-1-3-5-7-13;10-9(11)12-8-6-4-2-1-3-5-7-8;10-5-1-2-12(9(16)11-5)8-7(15)6(14)4(3-13)17-8/h4,6,8-9,13-14,16-18,22,24-25H,1-3,5,7,10-11H2;4,6,8H,1-3,5,7H2;1-2,4,6-8,13-15H,3H2,(H2,10,11,16)/b2*6-4+;/t13?,14-,16-,17+,18-;;4-,6-,7+,8-/m1.1/s1. The molecule has 57 heavy (non-hydrogen) atoms. The van der Waals surface area contributed by atoms with Gasteiger partial charge in [0.15, 0.2) is 12.5 Å². The highest BCUT2D eigenvalue weighted by Gasteiger charge is 2.44. The summed E-state index contributed by atoms with van der Waals surface area (Å²) in [6, 6.07) is 2.83. The number of nitrogens with two attached hydrogens (primary N) is 1. The highest BCUT2D eigenvalue weighted by molar-refractivity contribution is 6.61. The molecule has 2 aliphatic carbocycles. The van der Waals surface area contributed by atoms with Crippen molar-refractivity contribution in [1.29, 1.82) is 0 Å². The molecule has 0 aromatic carbocycles. The number of aliphatic hydroxyl groups excluding tert-OH is 6. The summed E-state index contributed by atoms with van der Waals surface area (Å²) in [5.74, 6) is -0.411. The molecule has 0 amide bonds. The van der Waals surface area contributed by atoms with E-state index in [2.05, 4.69) is 16.0 Å². The van der Waals surface area contributed by atoms with Gasteiger partial charge in [0.05, 0.1) is 25.3 Å². The van der Waals surface area contributed by atoms with E-state index >= 15 is 0 Å². The Hall–Kier alpha value is -4.05. The molecule has 6 rings (SSSR count). The highest BCUT2D eigenvalue weighted by atomic mass is 35.5. The van der Waals surface area contributed by atoms with Gasteiger partial charge in [0.25, 0.3) is 0 Å². The van der Waals surface area contributed by atoms with Crippen molar-refractivity contribution in [3.8, 4) is 0 Å². The lowest BCUT2D eigenvalue weighted by molar-refractivity contribution is -0.146. The van der Waals surface area contributed by atoms with Crippen LogP contribution in [-0.4, -0.2) is 123 Å². The minimum atomic E-state index is -1.38. The zero-order valence-corrected chi connectivity index (χ0v) is 32.0. The van der Waals surface area contributed by atoms with Gasteiger partial charge in [0.2, 0.25) is 0 Å². The van der Waals surface area contributed by atoms with E-state index in [1.54, 1.807) is 0 Å². The third-order valence-corrected chi connectivity index (χ3v) is 9.68. The third kappa shape index (κ3) is 13.5. The summed E-state index contributed by atoms with van der Waals surface area (Å²) >= 11 is 5.11. The minimum absolute atomic E-state index is 0.0537. The Morgan fingerprint density at radius 1 is 0.737 bits per heavy atom. The minimum Gasteiger partial charge on any atom is -0.458 e. The molecule has 2 saturated heterocycles. The van der Waals surface area contributed by atoms with Crippen LogP contribution in [0.4, 0.5) is 10.6 Å². The molecule has 2 aliphatic heterocycles. The maximum Gasteiger partial charge on any atom is 0.404 e. The largest absolute Gasteiger partial charge is 0.458 e. The third-order valence-electron chi connectivity index (χ3n) is 9.59. The average molecular weight is 826 g/mol. The van der Waals surface area contributed by atoms with Gasteiger partial charge in [0, 0.05) is 24.0 Å². The molecule has 20 heteroatoms. The molecule has 0 saturated carbocycles. The van der Waals surface area contributed by atoms with Gasteiger partial charge < -0.3 is 55.3 Å². The second-order valence-corrected chi connectivity index (χ2v) is 14.1. The molecule has 2 aromatic heterocycles. The van der Waals surface area contributed by atoms with Gasteiger partial charge in [0.1, 0.15) is 54.6 Å². The number of allylic oxidation sites excluding steroid dienone is 2. The number of anilines is 1. The SMILES string of the molecule is Nc1ccn([C@@H]2O[C@H](CO)[C@@H](O)[C@@H]2O)c(=O)n1.O=C(Cc1ccn([C@@H]2O[C@H](CO)[C@@H](O)[C@@H]2O)c(=O)n1)OC1/C=C/CCCCC1.O=C(Cl)OC1/C=C/CCCCC1. The number of hydrogen-bond acceptors (Lipinski definition) is 17. The predicted molar refractivity (Wildman–Crippen MR) is 202 cm³/mol. The Morgan fingerprint density at radius 3 is 1.68 bits per heavy atom. The van der Waals surface area contributed by atoms with E-state index in [4.69, 9.17) is 46.5 Å². The summed E-state index contributed by atoms with van der Waals surface area (Å²) < 4.78 is 22.9. The maximum atomic E-state index is 12.3. The number of aliphatic hydroxyl groups is 6. The molecule has 0 radical (unpaired) electrons. The number of carbonyl (C=O) groups excluding carboxylic acids is 2. The van der Waals surface area contributed by atoms with Crippen LogP contribution in [0.2, 0.25) is 0 Å². The summed E-state index contributed by atoms with van der Waals surface area (Å²) in [5, 5.41) is 57.1. The van der Waals surface area contributed by atoms with E-state index in [0.717, 1.165) is 60.5 Å². The first-order chi connectivity index (χ1) is 27.3. The van der Waals surface area contributed by atoms with Crippen LogP contribution < -0.4 is 17.1 Å². The molecule has 316 valence electrons. The molecule has 10 atom stereocenters. The molecular formula is C37H52ClN5O14. The van der Waals surface area contributed by atoms with E-state index in [1.165, 1.54) is 37.4 Å². The first kappa shape index (κ1) is 45.6. The van der Waals surface area contributed by atoms with Crippen molar-refractivity contribution in [3.05, 3.63) is 75.5 Å². The number of nitrogen functional groups attached to an aromatic ring is 1. The second-order valence-electron chi connectivity index (χ2n) is 13.8. The zero-order chi connectivity index (χ0) is 41.5. The number of esters is 1. The zero-order valence-electron chi connectivity index (χ0n) is 31.3. The van der Waals surface area contributed by atoms with Gasteiger partial charge in [-0.3, -0.25) is 13.9 Å². The highest BCUT2D eigenvalue weighted by Crippen LogP contribution is 2.29. The number of nitrogens with zero attached hydrogens (tertiary/aromatic N) is 4. The number of rotatable bonds is 8. The molecule has 2 unspecified atom stereocenters. The van der Waals surface area contributed by atoms with Gasteiger partial charge in [-0.1, -0.05) is 25.0 Å². The van der Waals surface area contributed by atoms with Crippen molar-refractivity contribution < 1.29 is 59.2 Å². The van der Waals surface area contributed by atoms with Crippen LogP contribution in [0.1, 0.15) is 82.4 Å². The summed E-state index contributed by atoms with van der Waals surface area (Å²) in [7, 11) is 0. The molecule has 4 heterocycles. The average Bonchev–Trinajstić information content (AvgIpc) is 3.59. The Morgan fingerprint density at radius 2 is 1.23 bits per heavy atom. The fourth-order valence-corrected chi connectivity index (χ4v) is 6.62. The quantitative estimate of drug-likeness (QED) is 0.108. The van der Waals surface area contributed by atoms with Crippen molar-refractivity contribution in [2.45, 2.75) is 132 Å². The van der Waals surface area contributed by atoms with Crippen LogP contribution in [0, 0.1) is 0 Å². The van der Waals surface area contributed by atoms with Gasteiger partial charge >= 0.3 is 22.8 Å². The lowest BCUT2D eigenvalue weighted by atomic mass is 10.0. The number of hydrogen-bond donors (Lipinski definition) is 7. The molecule has 2 aromatic rings. The van der Waals surface area contributed by atoms with E-state index in [-0.39, 0.29) is 30.1 Å². The summed E-state index contributed by atoms with van der Waals surface area (Å²) in [6.45, 7) is -0.942.